The van der Waals surface area contributed by atoms with Crippen LogP contribution in [0.5, 0.6) is 11.5 Å². The predicted octanol–water partition coefficient (Wildman–Crippen LogP) is 2.84. The van der Waals surface area contributed by atoms with Crippen molar-refractivity contribution in [2.45, 2.75) is 44.2 Å². The summed E-state index contributed by atoms with van der Waals surface area (Å²) < 4.78 is 11.0. The number of piperidine rings is 1. The van der Waals surface area contributed by atoms with Gasteiger partial charge in [0, 0.05) is 31.1 Å². The first-order valence-corrected chi connectivity index (χ1v) is 9.54. The number of aromatic nitrogens is 2. The van der Waals surface area contributed by atoms with Gasteiger partial charge in [-0.1, -0.05) is 6.07 Å². The maximum atomic E-state index is 5.53. The fourth-order valence-corrected chi connectivity index (χ4v) is 3.87. The van der Waals surface area contributed by atoms with E-state index in [4.69, 9.17) is 9.47 Å². The van der Waals surface area contributed by atoms with Gasteiger partial charge in [0.1, 0.15) is 12.1 Å². The number of hydrogen-bond donors (Lipinski definition) is 1. The standard InChI is InChI=1S/C20H24N4O2/c1-2-15(10-21-7-1)17-9-20(23-12-22-17)24(16-4-5-16)11-14-3-6-18-19(8-14)26-13-25-18/h3,6,8-9,12,15-16,21H,1-2,4-5,7,10-11,13H2/t15-/m1/s1. The first-order valence-electron chi connectivity index (χ1n) is 9.54. The Hall–Kier alpha value is -2.34. The lowest BCUT2D eigenvalue weighted by Crippen LogP contribution is -2.30. The molecule has 2 fully saturated rings. The molecular formula is C20H24N4O2. The summed E-state index contributed by atoms with van der Waals surface area (Å²) in [5.41, 5.74) is 2.39. The monoisotopic (exact) mass is 352 g/mol. The van der Waals surface area contributed by atoms with Crippen LogP contribution in [-0.2, 0) is 6.54 Å². The first-order chi connectivity index (χ1) is 12.9. The molecule has 5 rings (SSSR count). The van der Waals surface area contributed by atoms with Gasteiger partial charge in [0.15, 0.2) is 11.5 Å². The summed E-state index contributed by atoms with van der Waals surface area (Å²) in [7, 11) is 0. The number of nitrogens with zero attached hydrogens (tertiary/aromatic N) is 3. The van der Waals surface area contributed by atoms with Crippen LogP contribution in [0.25, 0.3) is 0 Å². The molecule has 6 nitrogen and oxygen atoms in total. The van der Waals surface area contributed by atoms with E-state index in [0.29, 0.717) is 18.8 Å². The van der Waals surface area contributed by atoms with E-state index in [1.807, 2.05) is 6.07 Å². The molecule has 0 radical (unpaired) electrons. The molecule has 1 saturated carbocycles. The molecule has 6 heteroatoms. The van der Waals surface area contributed by atoms with Crippen LogP contribution in [0, 0.1) is 0 Å². The average molecular weight is 352 g/mol. The van der Waals surface area contributed by atoms with E-state index in [2.05, 4.69) is 38.4 Å². The van der Waals surface area contributed by atoms with Gasteiger partial charge < -0.3 is 19.7 Å². The van der Waals surface area contributed by atoms with Gasteiger partial charge in [0.25, 0.3) is 0 Å². The number of ether oxygens (including phenoxy) is 2. The Morgan fingerprint density at radius 2 is 2.00 bits per heavy atom. The zero-order chi connectivity index (χ0) is 17.3. The van der Waals surface area contributed by atoms with E-state index >= 15 is 0 Å². The molecule has 1 saturated heterocycles. The number of benzene rings is 1. The van der Waals surface area contributed by atoms with E-state index in [0.717, 1.165) is 37.0 Å². The van der Waals surface area contributed by atoms with Crippen LogP contribution < -0.4 is 19.7 Å². The molecule has 0 spiro atoms. The van der Waals surface area contributed by atoms with Crippen LogP contribution in [0.3, 0.4) is 0 Å². The second-order valence-electron chi connectivity index (χ2n) is 7.39. The minimum atomic E-state index is 0.315. The molecule has 3 aliphatic rings. The maximum Gasteiger partial charge on any atom is 0.231 e. The molecule has 0 bridgehead atoms. The normalized spacial score (nSPS) is 21.6. The van der Waals surface area contributed by atoms with Crippen LogP contribution >= 0.6 is 0 Å². The van der Waals surface area contributed by atoms with Crippen LogP contribution in [0.2, 0.25) is 0 Å². The lowest BCUT2D eigenvalue weighted by molar-refractivity contribution is 0.174. The summed E-state index contributed by atoms with van der Waals surface area (Å²) in [5, 5.41) is 3.48. The van der Waals surface area contributed by atoms with Gasteiger partial charge >= 0.3 is 0 Å². The van der Waals surface area contributed by atoms with Gasteiger partial charge in [0.05, 0.1) is 5.69 Å². The smallest absolute Gasteiger partial charge is 0.231 e. The summed E-state index contributed by atoms with van der Waals surface area (Å²) in [4.78, 5) is 11.6. The molecule has 1 N–H and O–H groups in total. The minimum Gasteiger partial charge on any atom is -0.454 e. The Kier molecular flexibility index (Phi) is 4.13. The Bertz CT molecular complexity index is 787. The zero-order valence-corrected chi connectivity index (χ0v) is 14.9. The number of rotatable bonds is 5. The number of hydrogen-bond acceptors (Lipinski definition) is 6. The summed E-state index contributed by atoms with van der Waals surface area (Å²) in [6, 6.07) is 8.98. The van der Waals surface area contributed by atoms with E-state index in [-0.39, 0.29) is 0 Å². The fraction of sp³-hybridized carbons (Fsp3) is 0.500. The number of nitrogens with one attached hydrogen (secondary N) is 1. The molecule has 1 aromatic heterocycles. The van der Waals surface area contributed by atoms with Gasteiger partial charge in [-0.3, -0.25) is 0 Å². The van der Waals surface area contributed by atoms with Gasteiger partial charge in [-0.15, -0.1) is 0 Å². The Morgan fingerprint density at radius 3 is 2.85 bits per heavy atom. The third-order valence-corrected chi connectivity index (χ3v) is 5.46. The third-order valence-electron chi connectivity index (χ3n) is 5.46. The van der Waals surface area contributed by atoms with E-state index in [1.54, 1.807) is 6.33 Å². The molecule has 1 aromatic carbocycles. The molecule has 2 aromatic rings. The van der Waals surface area contributed by atoms with E-state index in [1.165, 1.54) is 36.9 Å². The molecular weight excluding hydrogens is 328 g/mol. The highest BCUT2D eigenvalue weighted by molar-refractivity contribution is 5.48. The lowest BCUT2D eigenvalue weighted by Gasteiger charge is -2.26. The highest BCUT2D eigenvalue weighted by atomic mass is 16.7. The van der Waals surface area contributed by atoms with Crippen molar-refractivity contribution >= 4 is 5.82 Å². The fourth-order valence-electron chi connectivity index (χ4n) is 3.87. The summed E-state index contributed by atoms with van der Waals surface area (Å²) in [6.07, 6.45) is 6.61. The van der Waals surface area contributed by atoms with Crippen molar-refractivity contribution in [3.05, 3.63) is 41.9 Å². The van der Waals surface area contributed by atoms with Crippen molar-refractivity contribution in [1.82, 2.24) is 15.3 Å². The van der Waals surface area contributed by atoms with Gasteiger partial charge in [0.2, 0.25) is 6.79 Å². The second kappa shape index (κ2) is 6.76. The average Bonchev–Trinajstić information content (AvgIpc) is 3.43. The molecule has 3 heterocycles. The quantitative estimate of drug-likeness (QED) is 0.893. The Morgan fingerprint density at radius 1 is 1.08 bits per heavy atom. The summed E-state index contributed by atoms with van der Waals surface area (Å²) in [6.45, 7) is 3.28. The first kappa shape index (κ1) is 15.9. The van der Waals surface area contributed by atoms with Gasteiger partial charge in [-0.25, -0.2) is 9.97 Å². The van der Waals surface area contributed by atoms with Crippen LogP contribution in [0.4, 0.5) is 5.82 Å². The molecule has 1 aliphatic carbocycles. The van der Waals surface area contributed by atoms with Crippen LogP contribution in [-0.4, -0.2) is 35.9 Å². The Labute approximate surface area is 153 Å². The molecule has 2 aliphatic heterocycles. The van der Waals surface area contributed by atoms with Gasteiger partial charge in [-0.05, 0) is 49.9 Å². The molecule has 0 amide bonds. The highest BCUT2D eigenvalue weighted by Gasteiger charge is 2.31. The van der Waals surface area contributed by atoms with Crippen molar-refractivity contribution < 1.29 is 9.47 Å². The lowest BCUT2D eigenvalue weighted by atomic mass is 9.96. The highest BCUT2D eigenvalue weighted by Crippen LogP contribution is 2.36. The van der Waals surface area contributed by atoms with Crippen LogP contribution in [0.1, 0.15) is 42.9 Å². The second-order valence-corrected chi connectivity index (χ2v) is 7.39. The van der Waals surface area contributed by atoms with Crippen molar-refractivity contribution in [2.24, 2.45) is 0 Å². The van der Waals surface area contributed by atoms with E-state index < -0.39 is 0 Å². The van der Waals surface area contributed by atoms with Crippen molar-refractivity contribution in [2.75, 3.05) is 24.8 Å². The SMILES string of the molecule is c1nc([C@@H]2CCCNC2)cc(N(Cc2ccc3c(c2)OCO3)C2CC2)n1. The topological polar surface area (TPSA) is 59.5 Å². The number of fused-ring (bicyclic) bond motifs is 1. The zero-order valence-electron chi connectivity index (χ0n) is 14.9. The largest absolute Gasteiger partial charge is 0.454 e. The predicted molar refractivity (Wildman–Crippen MR) is 98.6 cm³/mol. The van der Waals surface area contributed by atoms with Gasteiger partial charge in [-0.2, -0.15) is 0 Å². The van der Waals surface area contributed by atoms with E-state index in [9.17, 15) is 0 Å². The molecule has 26 heavy (non-hydrogen) atoms. The molecule has 1 atom stereocenters. The molecule has 0 unspecified atom stereocenters. The van der Waals surface area contributed by atoms with Crippen molar-refractivity contribution in [1.29, 1.82) is 0 Å². The van der Waals surface area contributed by atoms with Crippen LogP contribution in [0.15, 0.2) is 30.6 Å². The molecule has 136 valence electrons. The summed E-state index contributed by atoms with van der Waals surface area (Å²) >= 11 is 0. The number of anilines is 1. The van der Waals surface area contributed by atoms with Crippen molar-refractivity contribution in [3.8, 4) is 11.5 Å². The maximum absolute atomic E-state index is 5.53. The summed E-state index contributed by atoms with van der Waals surface area (Å²) in [5.74, 6) is 3.22. The Balaban J connectivity index is 1.39. The minimum absolute atomic E-state index is 0.315. The van der Waals surface area contributed by atoms with Crippen molar-refractivity contribution in [3.63, 3.8) is 0 Å². The third kappa shape index (κ3) is 3.21.